The summed E-state index contributed by atoms with van der Waals surface area (Å²) in [7, 11) is 0. The zero-order valence-corrected chi connectivity index (χ0v) is 28.6. The Labute approximate surface area is 294 Å². The minimum atomic E-state index is -0.00501. The SMILES string of the molecule is CC(C)(C)c1ccccc1N(c1ccccc1)c1ccc2cc3c(cc2c1)-c1cc2cc(N(c4ccccc4)c4ccccc4)ccc2cc1-3. The lowest BCUT2D eigenvalue weighted by Gasteiger charge is -2.32. The Morgan fingerprint density at radius 1 is 0.320 bits per heavy atom. The highest BCUT2D eigenvalue weighted by Crippen LogP contribution is 2.51. The number of hydrogen-bond acceptors (Lipinski definition) is 2. The van der Waals surface area contributed by atoms with E-state index in [1.165, 1.54) is 55.0 Å². The van der Waals surface area contributed by atoms with Gasteiger partial charge in [0.1, 0.15) is 0 Å². The summed E-state index contributed by atoms with van der Waals surface area (Å²) in [6, 6.07) is 64.1. The fourth-order valence-electron chi connectivity index (χ4n) is 7.59. The first-order valence-corrected chi connectivity index (χ1v) is 17.4. The third-order valence-electron chi connectivity index (χ3n) is 10.0. The molecule has 1 aliphatic rings. The summed E-state index contributed by atoms with van der Waals surface area (Å²) in [5.41, 5.74) is 13.6. The molecule has 0 N–H and O–H groups in total. The molecule has 0 saturated heterocycles. The van der Waals surface area contributed by atoms with Gasteiger partial charge < -0.3 is 9.80 Å². The first-order chi connectivity index (χ1) is 24.4. The molecule has 8 aromatic carbocycles. The number of hydrogen-bond donors (Lipinski definition) is 0. The van der Waals surface area contributed by atoms with Crippen LogP contribution in [0.3, 0.4) is 0 Å². The maximum absolute atomic E-state index is 2.41. The van der Waals surface area contributed by atoms with Crippen LogP contribution in [-0.4, -0.2) is 0 Å². The Morgan fingerprint density at radius 3 is 1.16 bits per heavy atom. The third-order valence-corrected chi connectivity index (χ3v) is 10.0. The summed E-state index contributed by atoms with van der Waals surface area (Å²) in [5.74, 6) is 0. The fourth-order valence-corrected chi connectivity index (χ4v) is 7.59. The van der Waals surface area contributed by atoms with Crippen molar-refractivity contribution < 1.29 is 0 Å². The van der Waals surface area contributed by atoms with Crippen molar-refractivity contribution in [3.05, 3.63) is 181 Å². The highest BCUT2D eigenvalue weighted by Gasteiger charge is 2.26. The summed E-state index contributed by atoms with van der Waals surface area (Å²) >= 11 is 0. The molecular weight excluding hydrogens is 605 g/mol. The maximum Gasteiger partial charge on any atom is 0.0498 e. The first-order valence-electron chi connectivity index (χ1n) is 17.4. The number of fused-ring (bicyclic) bond motifs is 6. The van der Waals surface area contributed by atoms with Crippen molar-refractivity contribution in [2.45, 2.75) is 26.2 Å². The molecule has 240 valence electrons. The Morgan fingerprint density at radius 2 is 0.700 bits per heavy atom. The summed E-state index contributed by atoms with van der Waals surface area (Å²) in [4.78, 5) is 4.74. The van der Waals surface area contributed by atoms with Gasteiger partial charge in [-0.05, 0) is 146 Å². The van der Waals surface area contributed by atoms with Gasteiger partial charge in [-0.2, -0.15) is 0 Å². The van der Waals surface area contributed by atoms with Crippen LogP contribution in [0, 0.1) is 0 Å². The summed E-state index contributed by atoms with van der Waals surface area (Å²) < 4.78 is 0. The molecule has 0 fully saturated rings. The van der Waals surface area contributed by atoms with Crippen LogP contribution in [0.25, 0.3) is 43.8 Å². The largest absolute Gasteiger partial charge is 0.310 e. The van der Waals surface area contributed by atoms with E-state index in [9.17, 15) is 0 Å². The molecular formula is C48H38N2. The lowest BCUT2D eigenvalue weighted by molar-refractivity contribution is 0.591. The van der Waals surface area contributed by atoms with Crippen molar-refractivity contribution in [2.75, 3.05) is 9.80 Å². The van der Waals surface area contributed by atoms with Gasteiger partial charge in [-0.3, -0.25) is 0 Å². The number of para-hydroxylation sites is 4. The molecule has 2 nitrogen and oxygen atoms in total. The van der Waals surface area contributed by atoms with Gasteiger partial charge in [0.15, 0.2) is 0 Å². The quantitative estimate of drug-likeness (QED) is 0.178. The van der Waals surface area contributed by atoms with Gasteiger partial charge in [-0.25, -0.2) is 0 Å². The standard InChI is InChI=1S/C48H38N2/c1-48(2,3)46-21-13-14-22-47(46)50(39-19-11-6-12-20-39)41-26-24-34-30-43-42-29-33-23-25-40(27-35(33)31-44(42)45(43)32-36(34)28-41)49(37-15-7-4-8-16-37)38-17-9-5-10-18-38/h4-32H,1-3H3. The minimum Gasteiger partial charge on any atom is -0.310 e. The molecule has 0 aromatic heterocycles. The number of anilines is 6. The van der Waals surface area contributed by atoms with Crippen molar-refractivity contribution >= 4 is 55.7 Å². The van der Waals surface area contributed by atoms with Crippen molar-refractivity contribution in [1.29, 1.82) is 0 Å². The van der Waals surface area contributed by atoms with E-state index in [1.807, 2.05) is 0 Å². The molecule has 0 spiro atoms. The van der Waals surface area contributed by atoms with E-state index in [2.05, 4.69) is 206 Å². The van der Waals surface area contributed by atoms with Crippen LogP contribution in [0.1, 0.15) is 26.3 Å². The second-order valence-corrected chi connectivity index (χ2v) is 14.3. The van der Waals surface area contributed by atoms with Gasteiger partial charge in [0.25, 0.3) is 0 Å². The minimum absolute atomic E-state index is 0.00501. The van der Waals surface area contributed by atoms with Crippen molar-refractivity contribution in [3.8, 4) is 22.3 Å². The summed E-state index contributed by atoms with van der Waals surface area (Å²) in [6.07, 6.45) is 0. The topological polar surface area (TPSA) is 6.48 Å². The molecule has 0 aliphatic heterocycles. The van der Waals surface area contributed by atoms with E-state index in [0.29, 0.717) is 0 Å². The lowest BCUT2D eigenvalue weighted by Crippen LogP contribution is -2.19. The molecule has 0 unspecified atom stereocenters. The fraction of sp³-hybridized carbons (Fsp3) is 0.0833. The molecule has 50 heavy (non-hydrogen) atoms. The maximum atomic E-state index is 2.41. The van der Waals surface area contributed by atoms with Gasteiger partial charge in [0, 0.05) is 34.1 Å². The first kappa shape index (κ1) is 30.0. The lowest BCUT2D eigenvalue weighted by atomic mass is 9.78. The van der Waals surface area contributed by atoms with E-state index in [4.69, 9.17) is 0 Å². The average molecular weight is 643 g/mol. The highest BCUT2D eigenvalue weighted by atomic mass is 15.1. The van der Waals surface area contributed by atoms with Crippen LogP contribution in [0.4, 0.5) is 34.1 Å². The van der Waals surface area contributed by atoms with E-state index in [1.54, 1.807) is 0 Å². The van der Waals surface area contributed by atoms with E-state index in [-0.39, 0.29) is 5.41 Å². The molecule has 0 amide bonds. The molecule has 0 heterocycles. The van der Waals surface area contributed by atoms with E-state index in [0.717, 1.165) is 28.4 Å². The highest BCUT2D eigenvalue weighted by molar-refractivity contribution is 6.12. The number of rotatable bonds is 6. The summed E-state index contributed by atoms with van der Waals surface area (Å²) in [5, 5.41) is 5.00. The van der Waals surface area contributed by atoms with Crippen molar-refractivity contribution in [3.63, 3.8) is 0 Å². The van der Waals surface area contributed by atoms with Gasteiger partial charge in [-0.1, -0.05) is 106 Å². The Bertz CT molecular complexity index is 2470. The van der Waals surface area contributed by atoms with Gasteiger partial charge in [0.05, 0.1) is 0 Å². The Kier molecular flexibility index (Phi) is 7.07. The molecule has 9 rings (SSSR count). The number of nitrogens with zero attached hydrogens (tertiary/aromatic N) is 2. The average Bonchev–Trinajstić information content (AvgIpc) is 3.15. The Balaban J connectivity index is 1.14. The monoisotopic (exact) mass is 642 g/mol. The molecule has 0 saturated carbocycles. The predicted molar refractivity (Wildman–Crippen MR) is 214 cm³/mol. The van der Waals surface area contributed by atoms with E-state index < -0.39 is 0 Å². The van der Waals surface area contributed by atoms with Gasteiger partial charge >= 0.3 is 0 Å². The predicted octanol–water partition coefficient (Wildman–Crippen LogP) is 13.9. The smallest absolute Gasteiger partial charge is 0.0498 e. The normalized spacial score (nSPS) is 11.9. The van der Waals surface area contributed by atoms with Crippen LogP contribution >= 0.6 is 0 Å². The number of benzene rings is 8. The van der Waals surface area contributed by atoms with Crippen LogP contribution in [0.5, 0.6) is 0 Å². The molecule has 2 heteroatoms. The molecule has 0 bridgehead atoms. The summed E-state index contributed by atoms with van der Waals surface area (Å²) in [6.45, 7) is 6.88. The van der Waals surface area contributed by atoms with Crippen molar-refractivity contribution in [2.24, 2.45) is 0 Å². The van der Waals surface area contributed by atoms with Crippen molar-refractivity contribution in [1.82, 2.24) is 0 Å². The second kappa shape index (κ2) is 11.8. The van der Waals surface area contributed by atoms with E-state index >= 15 is 0 Å². The molecule has 0 radical (unpaired) electrons. The van der Waals surface area contributed by atoms with Crippen LogP contribution in [0.15, 0.2) is 176 Å². The zero-order chi connectivity index (χ0) is 33.8. The third kappa shape index (κ3) is 5.12. The second-order valence-electron chi connectivity index (χ2n) is 14.3. The molecule has 8 aromatic rings. The van der Waals surface area contributed by atoms with Crippen LogP contribution in [-0.2, 0) is 5.41 Å². The van der Waals surface area contributed by atoms with Gasteiger partial charge in [-0.15, -0.1) is 0 Å². The Hall–Kier alpha value is -6.12. The molecule has 0 atom stereocenters. The van der Waals surface area contributed by atoms with Crippen LogP contribution < -0.4 is 9.80 Å². The molecule has 1 aliphatic carbocycles. The van der Waals surface area contributed by atoms with Crippen LogP contribution in [0.2, 0.25) is 0 Å². The zero-order valence-electron chi connectivity index (χ0n) is 28.6. The van der Waals surface area contributed by atoms with Gasteiger partial charge in [0.2, 0.25) is 0 Å².